The first-order valence-electron chi connectivity index (χ1n) is 5.17. The summed E-state index contributed by atoms with van der Waals surface area (Å²) in [6.07, 6.45) is -4.59. The normalized spacial score (nSPS) is 12.3. The number of amides is 1. The summed E-state index contributed by atoms with van der Waals surface area (Å²) in [6.45, 7) is -1.50. The van der Waals surface area contributed by atoms with Gasteiger partial charge in [-0.1, -0.05) is 11.6 Å². The molecule has 11 heteroatoms. The van der Waals surface area contributed by atoms with Gasteiger partial charge in [-0.05, 0) is 28.1 Å². The molecule has 21 heavy (non-hydrogen) atoms. The van der Waals surface area contributed by atoms with Gasteiger partial charge in [0.15, 0.2) is 0 Å². The molecule has 5 nitrogen and oxygen atoms in total. The van der Waals surface area contributed by atoms with Crippen LogP contribution in [-0.4, -0.2) is 39.0 Å². The van der Waals surface area contributed by atoms with Gasteiger partial charge in [0.2, 0.25) is 10.0 Å². The van der Waals surface area contributed by atoms with Crippen LogP contribution >= 0.6 is 27.5 Å². The van der Waals surface area contributed by atoms with E-state index < -0.39 is 39.1 Å². The Hall–Kier alpha value is -0.840. The Balaban J connectivity index is 3.30. The summed E-state index contributed by atoms with van der Waals surface area (Å²) in [6, 6.07) is 1.88. The second-order valence-electron chi connectivity index (χ2n) is 4.09. The van der Waals surface area contributed by atoms with Crippen LogP contribution in [0, 0.1) is 0 Å². The van der Waals surface area contributed by atoms with Crippen molar-refractivity contribution in [2.45, 2.75) is 11.1 Å². The minimum Gasteiger partial charge on any atom is -0.333 e. The first-order chi connectivity index (χ1) is 9.33. The van der Waals surface area contributed by atoms with E-state index in [9.17, 15) is 26.4 Å². The average Bonchev–Trinajstić information content (AvgIpc) is 2.27. The Morgan fingerprint density at radius 2 is 1.95 bits per heavy atom. The summed E-state index contributed by atoms with van der Waals surface area (Å²) < 4.78 is 59.4. The first-order valence-corrected chi connectivity index (χ1v) is 7.88. The molecule has 0 unspecified atom stereocenters. The van der Waals surface area contributed by atoms with Crippen molar-refractivity contribution >= 4 is 43.5 Å². The van der Waals surface area contributed by atoms with Gasteiger partial charge in [0.25, 0.3) is 5.91 Å². The van der Waals surface area contributed by atoms with E-state index in [0.29, 0.717) is 4.90 Å². The van der Waals surface area contributed by atoms with Crippen molar-refractivity contribution in [3.8, 4) is 0 Å². The molecule has 0 spiro atoms. The summed E-state index contributed by atoms with van der Waals surface area (Å²) >= 11 is 8.74. The molecule has 1 aromatic rings. The largest absolute Gasteiger partial charge is 0.406 e. The lowest BCUT2D eigenvalue weighted by atomic mass is 10.2. The van der Waals surface area contributed by atoms with Crippen molar-refractivity contribution in [2.75, 3.05) is 13.6 Å². The molecule has 1 rings (SSSR count). The standard InChI is InChI=1S/C10H9BrClF3N2O3S/c1-17(4-10(13,14)15)9(18)6-2-5(21(16,19)20)3-7(11)8(6)12/h2-3H,4H2,1H3,(H2,16,19,20). The molecular weight excluding hydrogens is 401 g/mol. The highest BCUT2D eigenvalue weighted by Gasteiger charge is 2.32. The molecule has 1 aromatic carbocycles. The fourth-order valence-electron chi connectivity index (χ4n) is 1.43. The Kier molecular flexibility index (Phi) is 5.30. The minimum atomic E-state index is -4.59. The lowest BCUT2D eigenvalue weighted by molar-refractivity contribution is -0.138. The van der Waals surface area contributed by atoms with Gasteiger partial charge >= 0.3 is 6.18 Å². The number of carbonyl (C=O) groups excluding carboxylic acids is 1. The molecule has 1 amide bonds. The number of benzene rings is 1. The number of nitrogens with two attached hydrogens (primary N) is 1. The molecule has 0 heterocycles. The lowest BCUT2D eigenvalue weighted by Crippen LogP contribution is -2.36. The maximum atomic E-state index is 12.3. The zero-order chi connectivity index (χ0) is 16.6. The molecule has 0 bridgehead atoms. The third-order valence-electron chi connectivity index (χ3n) is 2.32. The number of carbonyl (C=O) groups is 1. The number of rotatable bonds is 3. The number of hydrogen-bond acceptors (Lipinski definition) is 3. The monoisotopic (exact) mass is 408 g/mol. The second kappa shape index (κ2) is 6.11. The zero-order valence-electron chi connectivity index (χ0n) is 10.4. The number of nitrogens with zero attached hydrogens (tertiary/aromatic N) is 1. The SMILES string of the molecule is CN(CC(F)(F)F)C(=O)c1cc(S(N)(=O)=O)cc(Br)c1Cl. The predicted molar refractivity (Wildman–Crippen MR) is 73.5 cm³/mol. The van der Waals surface area contributed by atoms with Crippen LogP contribution in [0.1, 0.15) is 10.4 Å². The van der Waals surface area contributed by atoms with Gasteiger partial charge in [0.1, 0.15) is 6.54 Å². The fraction of sp³-hybridized carbons (Fsp3) is 0.300. The van der Waals surface area contributed by atoms with Crippen LogP contribution in [-0.2, 0) is 10.0 Å². The topological polar surface area (TPSA) is 80.5 Å². The molecule has 0 aliphatic carbocycles. The number of halogens is 5. The van der Waals surface area contributed by atoms with Crippen molar-refractivity contribution in [2.24, 2.45) is 5.14 Å². The minimum absolute atomic E-state index is 0.0273. The molecule has 0 atom stereocenters. The van der Waals surface area contributed by atoms with Crippen molar-refractivity contribution < 1.29 is 26.4 Å². The van der Waals surface area contributed by atoms with E-state index in [4.69, 9.17) is 16.7 Å². The number of alkyl halides is 3. The molecule has 0 aliphatic rings. The van der Waals surface area contributed by atoms with Crippen LogP contribution in [0.3, 0.4) is 0 Å². The summed E-state index contributed by atoms with van der Waals surface area (Å²) in [7, 11) is -3.22. The summed E-state index contributed by atoms with van der Waals surface area (Å²) in [5, 5.41) is 4.72. The summed E-state index contributed by atoms with van der Waals surface area (Å²) in [4.78, 5) is 11.9. The quantitative estimate of drug-likeness (QED) is 0.832. The highest BCUT2D eigenvalue weighted by atomic mass is 79.9. The Morgan fingerprint density at radius 3 is 2.38 bits per heavy atom. The van der Waals surface area contributed by atoms with Crippen LogP contribution in [0.15, 0.2) is 21.5 Å². The van der Waals surface area contributed by atoms with Crippen molar-refractivity contribution in [3.63, 3.8) is 0 Å². The van der Waals surface area contributed by atoms with E-state index >= 15 is 0 Å². The van der Waals surface area contributed by atoms with Crippen molar-refractivity contribution in [1.82, 2.24) is 4.90 Å². The smallest absolute Gasteiger partial charge is 0.333 e. The van der Waals surface area contributed by atoms with E-state index in [1.165, 1.54) is 0 Å². The van der Waals surface area contributed by atoms with Crippen LogP contribution in [0.2, 0.25) is 5.02 Å². The second-order valence-corrected chi connectivity index (χ2v) is 6.88. The van der Waals surface area contributed by atoms with Crippen LogP contribution in [0.25, 0.3) is 0 Å². The van der Waals surface area contributed by atoms with Gasteiger partial charge in [-0.15, -0.1) is 0 Å². The molecular formula is C10H9BrClF3N2O3S. The molecule has 2 N–H and O–H groups in total. The van der Waals surface area contributed by atoms with Gasteiger partial charge in [-0.3, -0.25) is 4.79 Å². The molecule has 0 aromatic heterocycles. The van der Waals surface area contributed by atoms with Crippen LogP contribution in [0.5, 0.6) is 0 Å². The molecule has 0 saturated carbocycles. The third-order valence-corrected chi connectivity index (χ3v) is 4.48. The summed E-state index contributed by atoms with van der Waals surface area (Å²) in [5.74, 6) is -1.08. The first kappa shape index (κ1) is 18.2. The van der Waals surface area contributed by atoms with E-state index in [1.54, 1.807) is 0 Å². The maximum Gasteiger partial charge on any atom is 0.406 e. The van der Waals surface area contributed by atoms with Crippen molar-refractivity contribution in [3.05, 3.63) is 27.2 Å². The van der Waals surface area contributed by atoms with Crippen molar-refractivity contribution in [1.29, 1.82) is 0 Å². The molecule has 0 saturated heterocycles. The number of primary sulfonamides is 1. The van der Waals surface area contributed by atoms with Gasteiger partial charge in [0, 0.05) is 11.5 Å². The summed E-state index contributed by atoms with van der Waals surface area (Å²) in [5.41, 5.74) is -0.401. The van der Waals surface area contributed by atoms with Crippen LogP contribution < -0.4 is 5.14 Å². The molecule has 0 radical (unpaired) electrons. The molecule has 0 aliphatic heterocycles. The number of sulfonamides is 1. The van der Waals surface area contributed by atoms with E-state index in [-0.39, 0.29) is 9.50 Å². The Bertz CT molecular complexity index is 679. The van der Waals surface area contributed by atoms with E-state index in [2.05, 4.69) is 15.9 Å². The fourth-order valence-corrected chi connectivity index (χ4v) is 2.80. The molecule has 0 fully saturated rings. The van der Waals surface area contributed by atoms with Gasteiger partial charge in [-0.25, -0.2) is 13.6 Å². The lowest BCUT2D eigenvalue weighted by Gasteiger charge is -2.20. The van der Waals surface area contributed by atoms with E-state index in [1.807, 2.05) is 0 Å². The molecule has 118 valence electrons. The van der Waals surface area contributed by atoms with Gasteiger partial charge in [0.05, 0.1) is 15.5 Å². The predicted octanol–water partition coefficient (Wildman–Crippen LogP) is 2.38. The number of hydrogen-bond donors (Lipinski definition) is 1. The Labute approximate surface area is 132 Å². The third kappa shape index (κ3) is 4.83. The van der Waals surface area contributed by atoms with Crippen LogP contribution in [0.4, 0.5) is 13.2 Å². The highest BCUT2D eigenvalue weighted by molar-refractivity contribution is 9.10. The average molecular weight is 410 g/mol. The Morgan fingerprint density at radius 1 is 1.43 bits per heavy atom. The van der Waals surface area contributed by atoms with Gasteiger partial charge in [-0.2, -0.15) is 13.2 Å². The maximum absolute atomic E-state index is 12.3. The van der Waals surface area contributed by atoms with Gasteiger partial charge < -0.3 is 4.90 Å². The van der Waals surface area contributed by atoms with E-state index in [0.717, 1.165) is 19.2 Å². The zero-order valence-corrected chi connectivity index (χ0v) is 13.6. The highest BCUT2D eigenvalue weighted by Crippen LogP contribution is 2.30.